The van der Waals surface area contributed by atoms with Crippen LogP contribution in [0.15, 0.2) is 83.8 Å². The molecular formula is C30H37N3O4S. The van der Waals surface area contributed by atoms with Crippen LogP contribution in [0, 0.1) is 6.92 Å². The second-order valence-electron chi connectivity index (χ2n) is 9.32. The van der Waals surface area contributed by atoms with Gasteiger partial charge in [0.25, 0.3) is 10.0 Å². The minimum Gasteiger partial charge on any atom is -0.354 e. The van der Waals surface area contributed by atoms with Crippen LogP contribution in [-0.4, -0.2) is 44.3 Å². The van der Waals surface area contributed by atoms with Crippen molar-refractivity contribution in [1.29, 1.82) is 0 Å². The first-order chi connectivity index (χ1) is 18.2. The average molecular weight is 536 g/mol. The standard InChI is InChI=1S/C30H37N3O4S/c1-5-19-31-30(35)24(4)32(21-26-12-10-11-23(3)20-26)29(34)22-33(27-17-15-25(6-2)16-18-27)38(36,37)28-13-8-7-9-14-28/h7-18,20,24H,5-6,19,21-22H2,1-4H3,(H,31,35)/t24-/m0/s1. The number of hydrogen-bond acceptors (Lipinski definition) is 4. The Labute approximate surface area is 226 Å². The molecule has 0 saturated heterocycles. The number of carbonyl (C=O) groups is 2. The molecule has 3 aromatic rings. The zero-order valence-corrected chi connectivity index (χ0v) is 23.4. The van der Waals surface area contributed by atoms with Gasteiger partial charge in [-0.15, -0.1) is 0 Å². The van der Waals surface area contributed by atoms with Crippen LogP contribution in [0.1, 0.15) is 43.9 Å². The minimum absolute atomic E-state index is 0.0892. The number of sulfonamides is 1. The fourth-order valence-corrected chi connectivity index (χ4v) is 5.57. The molecule has 3 rings (SSSR count). The third kappa shape index (κ3) is 7.22. The summed E-state index contributed by atoms with van der Waals surface area (Å²) in [6, 6.07) is 22.1. The molecule has 0 bridgehead atoms. The van der Waals surface area contributed by atoms with Crippen molar-refractivity contribution in [2.45, 2.75) is 58.0 Å². The Bertz CT molecular complexity index is 1330. The third-order valence-corrected chi connectivity index (χ3v) is 8.18. The Morgan fingerprint density at radius 2 is 1.58 bits per heavy atom. The lowest BCUT2D eigenvalue weighted by Crippen LogP contribution is -2.51. The lowest BCUT2D eigenvalue weighted by molar-refractivity contribution is -0.139. The molecule has 0 radical (unpaired) electrons. The van der Waals surface area contributed by atoms with Gasteiger partial charge in [0.05, 0.1) is 10.6 Å². The number of anilines is 1. The van der Waals surface area contributed by atoms with Crippen LogP contribution in [0.5, 0.6) is 0 Å². The van der Waals surface area contributed by atoms with Crippen LogP contribution >= 0.6 is 0 Å². The SMILES string of the molecule is CCCNC(=O)[C@H](C)N(Cc1cccc(C)c1)C(=O)CN(c1ccc(CC)cc1)S(=O)(=O)c1ccccc1. The molecular weight excluding hydrogens is 498 g/mol. The van der Waals surface area contributed by atoms with Crippen molar-refractivity contribution in [1.82, 2.24) is 10.2 Å². The summed E-state index contributed by atoms with van der Waals surface area (Å²) in [4.78, 5) is 28.3. The van der Waals surface area contributed by atoms with Crippen molar-refractivity contribution in [2.75, 3.05) is 17.4 Å². The van der Waals surface area contributed by atoms with Crippen LogP contribution in [0.2, 0.25) is 0 Å². The predicted octanol–water partition coefficient (Wildman–Crippen LogP) is 4.70. The van der Waals surface area contributed by atoms with Gasteiger partial charge in [-0.3, -0.25) is 13.9 Å². The van der Waals surface area contributed by atoms with Crippen LogP contribution < -0.4 is 9.62 Å². The lowest BCUT2D eigenvalue weighted by Gasteiger charge is -2.32. The monoisotopic (exact) mass is 535 g/mol. The first-order valence-electron chi connectivity index (χ1n) is 13.0. The Morgan fingerprint density at radius 1 is 0.895 bits per heavy atom. The topological polar surface area (TPSA) is 86.8 Å². The quantitative estimate of drug-likeness (QED) is 0.364. The number of aryl methyl sites for hydroxylation is 2. The molecule has 3 aromatic carbocycles. The van der Waals surface area contributed by atoms with Gasteiger partial charge in [0.2, 0.25) is 11.8 Å². The lowest BCUT2D eigenvalue weighted by atomic mass is 10.1. The summed E-state index contributed by atoms with van der Waals surface area (Å²) >= 11 is 0. The van der Waals surface area contributed by atoms with Gasteiger partial charge in [-0.25, -0.2) is 8.42 Å². The molecule has 2 amide bonds. The Morgan fingerprint density at radius 3 is 2.18 bits per heavy atom. The van der Waals surface area contributed by atoms with Crippen LogP contribution in [0.25, 0.3) is 0 Å². The summed E-state index contributed by atoms with van der Waals surface area (Å²) in [5.74, 6) is -0.748. The smallest absolute Gasteiger partial charge is 0.264 e. The minimum atomic E-state index is -4.06. The molecule has 0 aliphatic heterocycles. The molecule has 7 nitrogen and oxygen atoms in total. The first-order valence-corrected chi connectivity index (χ1v) is 14.4. The Balaban J connectivity index is 2.01. The predicted molar refractivity (Wildman–Crippen MR) is 151 cm³/mol. The molecule has 1 atom stereocenters. The first kappa shape index (κ1) is 28.9. The molecule has 38 heavy (non-hydrogen) atoms. The zero-order chi connectivity index (χ0) is 27.7. The van der Waals surface area contributed by atoms with Gasteiger partial charge in [0, 0.05) is 13.1 Å². The number of rotatable bonds is 12. The van der Waals surface area contributed by atoms with E-state index in [0.29, 0.717) is 12.2 Å². The number of nitrogens with zero attached hydrogens (tertiary/aromatic N) is 2. The molecule has 0 heterocycles. The highest BCUT2D eigenvalue weighted by atomic mass is 32.2. The molecule has 0 fully saturated rings. The fourth-order valence-electron chi connectivity index (χ4n) is 4.13. The van der Waals surface area contributed by atoms with Gasteiger partial charge < -0.3 is 10.2 Å². The molecule has 1 N–H and O–H groups in total. The zero-order valence-electron chi connectivity index (χ0n) is 22.6. The summed E-state index contributed by atoms with van der Waals surface area (Å²) in [5.41, 5.74) is 3.33. The van der Waals surface area contributed by atoms with Gasteiger partial charge >= 0.3 is 0 Å². The van der Waals surface area contributed by atoms with Crippen molar-refractivity contribution in [3.05, 3.63) is 95.6 Å². The molecule has 0 spiro atoms. The highest BCUT2D eigenvalue weighted by Crippen LogP contribution is 2.25. The summed E-state index contributed by atoms with van der Waals surface area (Å²) in [5, 5.41) is 2.85. The van der Waals surface area contributed by atoms with Crippen molar-refractivity contribution in [3.8, 4) is 0 Å². The van der Waals surface area contributed by atoms with E-state index in [1.165, 1.54) is 17.0 Å². The molecule has 202 valence electrons. The van der Waals surface area contributed by atoms with E-state index in [9.17, 15) is 18.0 Å². The normalized spacial score (nSPS) is 12.0. The molecule has 0 saturated carbocycles. The van der Waals surface area contributed by atoms with E-state index >= 15 is 0 Å². The number of carbonyl (C=O) groups excluding carboxylic acids is 2. The van der Waals surface area contributed by atoms with Crippen molar-refractivity contribution < 1.29 is 18.0 Å². The Kier molecular flexibility index (Phi) is 10.1. The fraction of sp³-hybridized carbons (Fsp3) is 0.333. The number of benzene rings is 3. The molecule has 0 aromatic heterocycles. The van der Waals surface area contributed by atoms with Gasteiger partial charge in [-0.05, 0) is 62.1 Å². The van der Waals surface area contributed by atoms with Crippen LogP contribution in [0.4, 0.5) is 5.69 Å². The summed E-state index contributed by atoms with van der Waals surface area (Å²) in [6.45, 7) is 7.83. The number of nitrogens with one attached hydrogen (secondary N) is 1. The average Bonchev–Trinajstić information content (AvgIpc) is 2.93. The summed E-state index contributed by atoms with van der Waals surface area (Å²) in [7, 11) is -4.06. The van der Waals surface area contributed by atoms with E-state index in [1.54, 1.807) is 37.3 Å². The van der Waals surface area contributed by atoms with E-state index < -0.39 is 28.5 Å². The summed E-state index contributed by atoms with van der Waals surface area (Å²) < 4.78 is 28.7. The number of amides is 2. The van der Waals surface area contributed by atoms with Crippen molar-refractivity contribution >= 4 is 27.5 Å². The molecule has 8 heteroatoms. The van der Waals surface area contributed by atoms with Crippen molar-refractivity contribution in [3.63, 3.8) is 0 Å². The highest BCUT2D eigenvalue weighted by molar-refractivity contribution is 7.92. The third-order valence-electron chi connectivity index (χ3n) is 6.39. The second kappa shape index (κ2) is 13.2. The largest absolute Gasteiger partial charge is 0.354 e. The number of hydrogen-bond donors (Lipinski definition) is 1. The van der Waals surface area contributed by atoms with E-state index in [2.05, 4.69) is 5.32 Å². The van der Waals surface area contributed by atoms with Gasteiger partial charge in [-0.1, -0.05) is 74.0 Å². The van der Waals surface area contributed by atoms with E-state index in [4.69, 9.17) is 0 Å². The maximum atomic E-state index is 13.9. The van der Waals surface area contributed by atoms with Crippen LogP contribution in [0.3, 0.4) is 0 Å². The second-order valence-corrected chi connectivity index (χ2v) is 11.2. The van der Waals surface area contributed by atoms with Crippen LogP contribution in [-0.2, 0) is 32.6 Å². The van der Waals surface area contributed by atoms with Gasteiger partial charge in [0.1, 0.15) is 12.6 Å². The molecule has 0 aliphatic carbocycles. The van der Waals surface area contributed by atoms with Gasteiger partial charge in [-0.2, -0.15) is 0 Å². The van der Waals surface area contributed by atoms with E-state index in [1.807, 2.05) is 57.2 Å². The van der Waals surface area contributed by atoms with E-state index in [-0.39, 0.29) is 17.3 Å². The van der Waals surface area contributed by atoms with Crippen molar-refractivity contribution in [2.24, 2.45) is 0 Å². The molecule has 0 aliphatic rings. The maximum Gasteiger partial charge on any atom is 0.264 e. The maximum absolute atomic E-state index is 13.9. The van der Waals surface area contributed by atoms with E-state index in [0.717, 1.165) is 33.8 Å². The molecule has 0 unspecified atom stereocenters. The Hall–Kier alpha value is -3.65. The summed E-state index contributed by atoms with van der Waals surface area (Å²) in [6.07, 6.45) is 1.57. The highest BCUT2D eigenvalue weighted by Gasteiger charge is 2.32. The van der Waals surface area contributed by atoms with Gasteiger partial charge in [0.15, 0.2) is 0 Å².